The highest BCUT2D eigenvalue weighted by Gasteiger charge is 2.34. The number of piperidine rings is 1. The molecule has 2 amide bonds. The minimum atomic E-state index is -0.0995. The molecule has 0 aromatic heterocycles. The number of hydrogen-bond donors (Lipinski definition) is 0. The number of amides is 2. The van der Waals surface area contributed by atoms with Crippen molar-refractivity contribution in [3.05, 3.63) is 30.3 Å². The summed E-state index contributed by atoms with van der Waals surface area (Å²) in [5.41, 5.74) is 1.23. The highest BCUT2D eigenvalue weighted by Crippen LogP contribution is 2.24. The van der Waals surface area contributed by atoms with Gasteiger partial charge in [0.2, 0.25) is 11.8 Å². The van der Waals surface area contributed by atoms with Gasteiger partial charge in [0, 0.05) is 50.9 Å². The Kier molecular flexibility index (Phi) is 7.49. The molecule has 170 valence electrons. The number of benzene rings is 1. The van der Waals surface area contributed by atoms with E-state index in [4.69, 9.17) is 0 Å². The third-order valence-corrected chi connectivity index (χ3v) is 7.41. The molecule has 1 unspecified atom stereocenters. The Hall–Kier alpha value is -2.08. The fourth-order valence-corrected chi connectivity index (χ4v) is 5.33. The zero-order valence-corrected chi connectivity index (χ0v) is 19.0. The van der Waals surface area contributed by atoms with Crippen molar-refractivity contribution in [2.75, 3.05) is 57.3 Å². The molecule has 0 N–H and O–H groups in total. The number of likely N-dealkylation sites (tertiary alicyclic amines) is 2. The minimum Gasteiger partial charge on any atom is -0.368 e. The van der Waals surface area contributed by atoms with Gasteiger partial charge in [-0.25, -0.2) is 0 Å². The van der Waals surface area contributed by atoms with Crippen LogP contribution in [-0.2, 0) is 9.59 Å². The molecule has 6 heteroatoms. The summed E-state index contributed by atoms with van der Waals surface area (Å²) in [4.78, 5) is 34.8. The molecule has 3 saturated heterocycles. The van der Waals surface area contributed by atoms with E-state index in [2.05, 4.69) is 39.0 Å². The van der Waals surface area contributed by atoms with E-state index >= 15 is 0 Å². The van der Waals surface area contributed by atoms with Crippen LogP contribution in [0.4, 0.5) is 5.69 Å². The number of carbonyl (C=O) groups is 2. The highest BCUT2D eigenvalue weighted by molar-refractivity contribution is 5.82. The molecule has 3 aliphatic heterocycles. The maximum Gasteiger partial charge on any atom is 0.239 e. The van der Waals surface area contributed by atoms with Crippen LogP contribution in [0.5, 0.6) is 0 Å². The summed E-state index contributed by atoms with van der Waals surface area (Å²) in [7, 11) is 0. The smallest absolute Gasteiger partial charge is 0.239 e. The second-order valence-corrected chi connectivity index (χ2v) is 9.37. The van der Waals surface area contributed by atoms with E-state index in [0.717, 1.165) is 78.0 Å². The van der Waals surface area contributed by atoms with E-state index in [0.29, 0.717) is 5.91 Å². The van der Waals surface area contributed by atoms with Crippen molar-refractivity contribution in [1.82, 2.24) is 14.7 Å². The van der Waals surface area contributed by atoms with Crippen LogP contribution in [0.25, 0.3) is 0 Å². The van der Waals surface area contributed by atoms with Crippen molar-refractivity contribution in [1.29, 1.82) is 0 Å². The summed E-state index contributed by atoms with van der Waals surface area (Å²) in [6, 6.07) is 10.3. The normalized spacial score (nSPS) is 22.8. The van der Waals surface area contributed by atoms with Gasteiger partial charge in [0.05, 0.1) is 6.04 Å². The average Bonchev–Trinajstić information content (AvgIpc) is 3.13. The largest absolute Gasteiger partial charge is 0.368 e. The Labute approximate surface area is 187 Å². The van der Waals surface area contributed by atoms with E-state index in [9.17, 15) is 9.59 Å². The summed E-state index contributed by atoms with van der Waals surface area (Å²) in [6.07, 6.45) is 6.56. The van der Waals surface area contributed by atoms with Crippen LogP contribution < -0.4 is 4.90 Å². The standard InChI is InChI=1S/C25H38N4O2/c1-21(24(30)29-19-17-27(18-20-29)23-9-5-4-6-10-23)26-15-11-22(12-16-26)25(31)28-13-7-2-3-8-14-28/h4-6,9-10,21-22H,2-3,7-8,11-20H2,1H3. The molecule has 3 heterocycles. The molecule has 1 aromatic rings. The summed E-state index contributed by atoms with van der Waals surface area (Å²) in [6.45, 7) is 8.94. The number of hydrogen-bond acceptors (Lipinski definition) is 4. The molecule has 1 atom stereocenters. The van der Waals surface area contributed by atoms with E-state index in [1.165, 1.54) is 18.5 Å². The molecule has 3 aliphatic rings. The highest BCUT2D eigenvalue weighted by atomic mass is 16.2. The number of nitrogens with zero attached hydrogens (tertiary/aromatic N) is 4. The van der Waals surface area contributed by atoms with Crippen molar-refractivity contribution >= 4 is 17.5 Å². The van der Waals surface area contributed by atoms with Gasteiger partial charge in [0.1, 0.15) is 0 Å². The van der Waals surface area contributed by atoms with Gasteiger partial charge in [-0.2, -0.15) is 0 Å². The topological polar surface area (TPSA) is 47.1 Å². The van der Waals surface area contributed by atoms with Crippen LogP contribution in [-0.4, -0.2) is 84.9 Å². The van der Waals surface area contributed by atoms with Gasteiger partial charge in [-0.1, -0.05) is 31.0 Å². The van der Waals surface area contributed by atoms with Gasteiger partial charge in [-0.05, 0) is 57.8 Å². The van der Waals surface area contributed by atoms with Gasteiger partial charge in [0.25, 0.3) is 0 Å². The number of para-hydroxylation sites is 1. The van der Waals surface area contributed by atoms with Crippen molar-refractivity contribution in [2.24, 2.45) is 5.92 Å². The second-order valence-electron chi connectivity index (χ2n) is 9.37. The Morgan fingerprint density at radius 1 is 0.774 bits per heavy atom. The Morgan fingerprint density at radius 3 is 2.00 bits per heavy atom. The lowest BCUT2D eigenvalue weighted by Crippen LogP contribution is -2.55. The van der Waals surface area contributed by atoms with Crippen molar-refractivity contribution in [3.8, 4) is 0 Å². The van der Waals surface area contributed by atoms with Crippen LogP contribution in [0.3, 0.4) is 0 Å². The van der Waals surface area contributed by atoms with Crippen LogP contribution in [0.1, 0.15) is 45.4 Å². The van der Waals surface area contributed by atoms with Crippen LogP contribution in [0.15, 0.2) is 30.3 Å². The van der Waals surface area contributed by atoms with Gasteiger partial charge < -0.3 is 14.7 Å². The molecular formula is C25H38N4O2. The van der Waals surface area contributed by atoms with Gasteiger partial charge in [0.15, 0.2) is 0 Å². The molecule has 0 spiro atoms. The summed E-state index contributed by atoms with van der Waals surface area (Å²) in [5.74, 6) is 0.744. The predicted molar refractivity (Wildman–Crippen MR) is 124 cm³/mol. The third-order valence-electron chi connectivity index (χ3n) is 7.41. The lowest BCUT2D eigenvalue weighted by atomic mass is 9.94. The van der Waals surface area contributed by atoms with Gasteiger partial charge in [-0.15, -0.1) is 0 Å². The van der Waals surface area contributed by atoms with Crippen LogP contribution in [0.2, 0.25) is 0 Å². The molecule has 0 aliphatic carbocycles. The molecular weight excluding hydrogens is 388 g/mol. The first-order chi connectivity index (χ1) is 15.1. The summed E-state index contributed by atoms with van der Waals surface area (Å²) >= 11 is 0. The van der Waals surface area contributed by atoms with Gasteiger partial charge in [-0.3, -0.25) is 14.5 Å². The molecule has 6 nitrogen and oxygen atoms in total. The fourth-order valence-electron chi connectivity index (χ4n) is 5.33. The predicted octanol–water partition coefficient (Wildman–Crippen LogP) is 2.84. The molecule has 0 radical (unpaired) electrons. The maximum atomic E-state index is 13.1. The SMILES string of the molecule is CC(C(=O)N1CCN(c2ccccc2)CC1)N1CCC(C(=O)N2CCCCCC2)CC1. The van der Waals surface area contributed by atoms with Crippen LogP contribution >= 0.6 is 0 Å². The van der Waals surface area contributed by atoms with E-state index in [1.807, 2.05) is 17.9 Å². The monoisotopic (exact) mass is 426 g/mol. The average molecular weight is 427 g/mol. The summed E-state index contributed by atoms with van der Waals surface area (Å²) in [5, 5.41) is 0. The Bertz CT molecular complexity index is 716. The number of anilines is 1. The number of carbonyl (C=O) groups excluding carboxylic acids is 2. The van der Waals surface area contributed by atoms with Crippen LogP contribution in [0, 0.1) is 5.92 Å². The van der Waals surface area contributed by atoms with E-state index in [1.54, 1.807) is 0 Å². The Morgan fingerprint density at radius 2 is 1.39 bits per heavy atom. The Balaban J connectivity index is 1.23. The maximum absolute atomic E-state index is 13.1. The van der Waals surface area contributed by atoms with Gasteiger partial charge >= 0.3 is 0 Å². The third kappa shape index (κ3) is 5.40. The van der Waals surface area contributed by atoms with E-state index in [-0.39, 0.29) is 17.9 Å². The zero-order chi connectivity index (χ0) is 21.6. The van der Waals surface area contributed by atoms with Crippen molar-refractivity contribution in [3.63, 3.8) is 0 Å². The molecule has 31 heavy (non-hydrogen) atoms. The molecule has 4 rings (SSSR count). The fraction of sp³-hybridized carbons (Fsp3) is 0.680. The van der Waals surface area contributed by atoms with E-state index < -0.39 is 0 Å². The molecule has 3 fully saturated rings. The lowest BCUT2D eigenvalue weighted by Gasteiger charge is -2.41. The van der Waals surface area contributed by atoms with Crippen molar-refractivity contribution < 1.29 is 9.59 Å². The lowest BCUT2D eigenvalue weighted by molar-refractivity contribution is -0.139. The zero-order valence-electron chi connectivity index (χ0n) is 19.0. The molecule has 0 bridgehead atoms. The first-order valence-electron chi connectivity index (χ1n) is 12.2. The first kappa shape index (κ1) is 22.1. The summed E-state index contributed by atoms with van der Waals surface area (Å²) < 4.78 is 0. The molecule has 0 saturated carbocycles. The number of piperazine rings is 1. The first-order valence-corrected chi connectivity index (χ1v) is 12.2. The second kappa shape index (κ2) is 10.5. The quantitative estimate of drug-likeness (QED) is 0.743. The number of rotatable bonds is 4. The minimum absolute atomic E-state index is 0.0995. The van der Waals surface area contributed by atoms with Crippen molar-refractivity contribution in [2.45, 2.75) is 51.5 Å². The molecule has 1 aromatic carbocycles.